The molecule has 2 aromatic carbocycles. The first-order chi connectivity index (χ1) is 13.5. The van der Waals surface area contributed by atoms with E-state index >= 15 is 0 Å². The second kappa shape index (κ2) is 9.08. The molecule has 1 heterocycles. The number of amides is 1. The second-order valence-electron chi connectivity index (χ2n) is 6.63. The maximum absolute atomic E-state index is 13.0. The first kappa shape index (κ1) is 19.5. The maximum atomic E-state index is 13.0. The van der Waals surface area contributed by atoms with Crippen molar-refractivity contribution in [1.82, 2.24) is 15.3 Å². The summed E-state index contributed by atoms with van der Waals surface area (Å²) < 4.78 is 13.0. The van der Waals surface area contributed by atoms with Crippen molar-refractivity contribution < 1.29 is 9.18 Å². The lowest BCUT2D eigenvalue weighted by Crippen LogP contribution is -2.25. The highest BCUT2D eigenvalue weighted by molar-refractivity contribution is 5.92. The number of halogens is 1. The summed E-state index contributed by atoms with van der Waals surface area (Å²) >= 11 is 0. The number of carbonyl (C=O) groups is 1. The van der Waals surface area contributed by atoms with E-state index < -0.39 is 0 Å². The minimum Gasteiger partial charge on any atom is -0.354 e. The van der Waals surface area contributed by atoms with Crippen molar-refractivity contribution in [2.24, 2.45) is 0 Å². The zero-order valence-electron chi connectivity index (χ0n) is 16.0. The van der Waals surface area contributed by atoms with Gasteiger partial charge in [-0.25, -0.2) is 14.4 Å². The summed E-state index contributed by atoms with van der Waals surface area (Å²) in [5.41, 5.74) is 4.24. The molecule has 0 aliphatic rings. The number of hydrogen-bond donors (Lipinski definition) is 2. The molecule has 28 heavy (non-hydrogen) atoms. The van der Waals surface area contributed by atoms with Crippen LogP contribution in [0.4, 0.5) is 10.3 Å². The molecule has 0 saturated carbocycles. The first-order valence-electron chi connectivity index (χ1n) is 9.18. The highest BCUT2D eigenvalue weighted by Crippen LogP contribution is 2.09. The van der Waals surface area contributed by atoms with Gasteiger partial charge in [-0.15, -0.1) is 0 Å². The number of aromatic nitrogens is 2. The van der Waals surface area contributed by atoms with Crippen molar-refractivity contribution in [2.45, 2.75) is 26.8 Å². The standard InChI is InChI=1S/C22H23FN4O/c1-15-5-3-4-6-18(15)14-25-21(28)20-13-16(2)26-22(27-20)24-12-11-17-7-9-19(23)10-8-17/h3-10,13H,11-12,14H2,1-2H3,(H,25,28)(H,24,26,27). The Balaban J connectivity index is 1.59. The molecule has 0 atom stereocenters. The van der Waals surface area contributed by atoms with Crippen LogP contribution in [0.25, 0.3) is 0 Å². The molecular weight excluding hydrogens is 355 g/mol. The van der Waals surface area contributed by atoms with E-state index in [9.17, 15) is 9.18 Å². The molecule has 0 bridgehead atoms. The predicted octanol–water partition coefficient (Wildman–Crippen LogP) is 3.82. The van der Waals surface area contributed by atoms with Crippen molar-refractivity contribution in [1.29, 1.82) is 0 Å². The number of nitrogens with zero attached hydrogens (tertiary/aromatic N) is 2. The fraction of sp³-hybridized carbons (Fsp3) is 0.227. The van der Waals surface area contributed by atoms with Gasteiger partial charge < -0.3 is 10.6 Å². The summed E-state index contributed by atoms with van der Waals surface area (Å²) in [5.74, 6) is -0.0847. The van der Waals surface area contributed by atoms with Crippen molar-refractivity contribution in [2.75, 3.05) is 11.9 Å². The molecule has 5 nitrogen and oxygen atoms in total. The highest BCUT2D eigenvalue weighted by Gasteiger charge is 2.11. The normalized spacial score (nSPS) is 10.5. The number of rotatable bonds is 7. The van der Waals surface area contributed by atoms with Gasteiger partial charge in [0, 0.05) is 18.8 Å². The van der Waals surface area contributed by atoms with E-state index in [1.165, 1.54) is 12.1 Å². The van der Waals surface area contributed by atoms with E-state index in [2.05, 4.69) is 20.6 Å². The van der Waals surface area contributed by atoms with Gasteiger partial charge >= 0.3 is 0 Å². The van der Waals surface area contributed by atoms with Crippen molar-refractivity contribution in [3.8, 4) is 0 Å². The van der Waals surface area contributed by atoms with Gasteiger partial charge in [-0.2, -0.15) is 0 Å². The number of aryl methyl sites for hydroxylation is 2. The number of carbonyl (C=O) groups excluding carboxylic acids is 1. The van der Waals surface area contributed by atoms with E-state index in [0.29, 0.717) is 36.8 Å². The topological polar surface area (TPSA) is 66.9 Å². The third-order valence-electron chi connectivity index (χ3n) is 4.40. The Hall–Kier alpha value is -3.28. The molecule has 0 radical (unpaired) electrons. The quantitative estimate of drug-likeness (QED) is 0.656. The molecule has 1 amide bonds. The number of nitrogens with one attached hydrogen (secondary N) is 2. The molecule has 6 heteroatoms. The third kappa shape index (κ3) is 5.36. The van der Waals surface area contributed by atoms with Crippen LogP contribution in [0.15, 0.2) is 54.6 Å². The Bertz CT molecular complexity index is 957. The van der Waals surface area contributed by atoms with Gasteiger partial charge in [0.25, 0.3) is 5.91 Å². The maximum Gasteiger partial charge on any atom is 0.270 e. The largest absolute Gasteiger partial charge is 0.354 e. The average molecular weight is 378 g/mol. The number of benzene rings is 2. The molecule has 0 aliphatic heterocycles. The summed E-state index contributed by atoms with van der Waals surface area (Å²) in [7, 11) is 0. The van der Waals surface area contributed by atoms with Crippen LogP contribution in [-0.2, 0) is 13.0 Å². The molecule has 0 spiro atoms. The van der Waals surface area contributed by atoms with Gasteiger partial charge in [0.1, 0.15) is 11.5 Å². The average Bonchev–Trinajstić information content (AvgIpc) is 2.68. The van der Waals surface area contributed by atoms with Gasteiger partial charge in [0.2, 0.25) is 5.95 Å². The lowest BCUT2D eigenvalue weighted by molar-refractivity contribution is 0.0945. The van der Waals surface area contributed by atoms with Gasteiger partial charge in [0.15, 0.2) is 0 Å². The number of anilines is 1. The molecule has 0 fully saturated rings. The Labute approximate surface area is 164 Å². The molecule has 0 saturated heterocycles. The van der Waals surface area contributed by atoms with Crippen LogP contribution >= 0.6 is 0 Å². The van der Waals surface area contributed by atoms with E-state index in [1.807, 2.05) is 38.1 Å². The van der Waals surface area contributed by atoms with E-state index in [-0.39, 0.29) is 11.7 Å². The van der Waals surface area contributed by atoms with Crippen LogP contribution in [0.3, 0.4) is 0 Å². The lowest BCUT2D eigenvalue weighted by Gasteiger charge is -2.10. The Kier molecular flexibility index (Phi) is 6.32. The van der Waals surface area contributed by atoms with Gasteiger partial charge in [-0.05, 0) is 55.2 Å². The summed E-state index contributed by atoms with van der Waals surface area (Å²) in [6.07, 6.45) is 0.701. The van der Waals surface area contributed by atoms with Crippen LogP contribution in [0.1, 0.15) is 32.9 Å². The summed E-state index contributed by atoms with van der Waals surface area (Å²) in [4.78, 5) is 21.1. The summed E-state index contributed by atoms with van der Waals surface area (Å²) in [6, 6.07) is 16.0. The van der Waals surface area contributed by atoms with E-state index in [0.717, 1.165) is 16.7 Å². The van der Waals surface area contributed by atoms with Crippen molar-refractivity contribution in [3.63, 3.8) is 0 Å². The van der Waals surface area contributed by atoms with Crippen molar-refractivity contribution in [3.05, 3.63) is 88.5 Å². The van der Waals surface area contributed by atoms with Crippen LogP contribution < -0.4 is 10.6 Å². The minimum absolute atomic E-state index is 0.240. The Morgan fingerprint density at radius 3 is 2.54 bits per heavy atom. The van der Waals surface area contributed by atoms with Gasteiger partial charge in [-0.1, -0.05) is 36.4 Å². The van der Waals surface area contributed by atoms with Crippen LogP contribution in [0.2, 0.25) is 0 Å². The fourth-order valence-corrected chi connectivity index (χ4v) is 2.81. The fourth-order valence-electron chi connectivity index (χ4n) is 2.81. The molecule has 3 rings (SSSR count). The molecule has 144 valence electrons. The zero-order chi connectivity index (χ0) is 19.9. The lowest BCUT2D eigenvalue weighted by atomic mass is 10.1. The van der Waals surface area contributed by atoms with Crippen LogP contribution in [0.5, 0.6) is 0 Å². The smallest absolute Gasteiger partial charge is 0.270 e. The van der Waals surface area contributed by atoms with Crippen LogP contribution in [-0.4, -0.2) is 22.4 Å². The minimum atomic E-state index is -0.250. The predicted molar refractivity (Wildman–Crippen MR) is 108 cm³/mol. The molecule has 0 aliphatic carbocycles. The van der Waals surface area contributed by atoms with E-state index in [4.69, 9.17) is 0 Å². The summed E-state index contributed by atoms with van der Waals surface area (Å²) in [5, 5.41) is 6.04. The molecular formula is C22H23FN4O. The molecule has 1 aromatic heterocycles. The first-order valence-corrected chi connectivity index (χ1v) is 9.18. The molecule has 3 aromatic rings. The molecule has 0 unspecified atom stereocenters. The van der Waals surface area contributed by atoms with Crippen LogP contribution in [0, 0.1) is 19.7 Å². The Morgan fingerprint density at radius 1 is 1.04 bits per heavy atom. The van der Waals surface area contributed by atoms with Gasteiger partial charge in [-0.3, -0.25) is 4.79 Å². The second-order valence-corrected chi connectivity index (χ2v) is 6.63. The monoisotopic (exact) mass is 378 g/mol. The van der Waals surface area contributed by atoms with E-state index in [1.54, 1.807) is 18.2 Å². The van der Waals surface area contributed by atoms with Crippen molar-refractivity contribution >= 4 is 11.9 Å². The number of hydrogen-bond acceptors (Lipinski definition) is 4. The highest BCUT2D eigenvalue weighted by atomic mass is 19.1. The van der Waals surface area contributed by atoms with Gasteiger partial charge in [0.05, 0.1) is 0 Å². The zero-order valence-corrected chi connectivity index (χ0v) is 16.0. The Morgan fingerprint density at radius 2 is 1.79 bits per heavy atom. The SMILES string of the molecule is Cc1cc(C(=O)NCc2ccccc2C)nc(NCCc2ccc(F)cc2)n1. The summed E-state index contributed by atoms with van der Waals surface area (Å²) in [6.45, 7) is 4.87. The third-order valence-corrected chi connectivity index (χ3v) is 4.40. The molecule has 2 N–H and O–H groups in total.